The molecule has 5 heteroatoms. The molecule has 1 heterocycles. The van der Waals surface area contributed by atoms with Crippen LogP contribution in [-0.2, 0) is 11.3 Å². The molecule has 1 aliphatic carbocycles. The highest BCUT2D eigenvalue weighted by Crippen LogP contribution is 2.27. The molecule has 1 fully saturated rings. The van der Waals surface area contributed by atoms with Crippen molar-refractivity contribution in [2.24, 2.45) is 5.92 Å². The maximum Gasteiger partial charge on any atom is 0.234 e. The number of hydrogen-bond acceptors (Lipinski definition) is 4. The minimum Gasteiger partial charge on any atom is -0.362 e. The Labute approximate surface area is 114 Å². The zero-order valence-corrected chi connectivity index (χ0v) is 11.6. The van der Waals surface area contributed by atoms with E-state index in [1.807, 2.05) is 31.1 Å². The molecule has 1 amide bonds. The molecule has 0 aliphatic heterocycles. The summed E-state index contributed by atoms with van der Waals surface area (Å²) >= 11 is 0. The van der Waals surface area contributed by atoms with E-state index in [9.17, 15) is 4.79 Å². The van der Waals surface area contributed by atoms with Crippen LogP contribution < -0.4 is 15.5 Å². The lowest BCUT2D eigenvalue weighted by Crippen LogP contribution is -2.34. The van der Waals surface area contributed by atoms with E-state index in [-0.39, 0.29) is 5.91 Å². The van der Waals surface area contributed by atoms with E-state index >= 15 is 0 Å². The van der Waals surface area contributed by atoms with Crippen molar-refractivity contribution < 1.29 is 4.79 Å². The van der Waals surface area contributed by atoms with Crippen molar-refractivity contribution in [3.8, 4) is 0 Å². The van der Waals surface area contributed by atoms with Gasteiger partial charge in [-0.1, -0.05) is 6.07 Å². The molecule has 1 aromatic heterocycles. The van der Waals surface area contributed by atoms with Crippen molar-refractivity contribution in [3.63, 3.8) is 0 Å². The van der Waals surface area contributed by atoms with Gasteiger partial charge in [0.1, 0.15) is 5.82 Å². The molecule has 5 nitrogen and oxygen atoms in total. The molecule has 104 valence electrons. The second-order valence-corrected chi connectivity index (χ2v) is 5.23. The molecule has 2 N–H and O–H groups in total. The predicted octanol–water partition coefficient (Wildman–Crippen LogP) is 0.763. The van der Waals surface area contributed by atoms with Gasteiger partial charge in [-0.25, -0.2) is 4.98 Å². The van der Waals surface area contributed by atoms with E-state index < -0.39 is 0 Å². The first kappa shape index (κ1) is 13.8. The van der Waals surface area contributed by atoms with Crippen LogP contribution in [0.25, 0.3) is 0 Å². The highest BCUT2D eigenvalue weighted by molar-refractivity contribution is 5.78. The molecule has 0 saturated heterocycles. The summed E-state index contributed by atoms with van der Waals surface area (Å²) in [6.07, 6.45) is 4.37. The van der Waals surface area contributed by atoms with Crippen molar-refractivity contribution in [2.45, 2.75) is 19.4 Å². The second-order valence-electron chi connectivity index (χ2n) is 5.23. The Morgan fingerprint density at radius 2 is 2.26 bits per heavy atom. The van der Waals surface area contributed by atoms with Gasteiger partial charge < -0.3 is 15.5 Å². The third kappa shape index (κ3) is 4.52. The molecule has 0 radical (unpaired) electrons. The van der Waals surface area contributed by atoms with Gasteiger partial charge in [-0.2, -0.15) is 0 Å². The van der Waals surface area contributed by atoms with Gasteiger partial charge in [0.2, 0.25) is 5.91 Å². The van der Waals surface area contributed by atoms with E-state index in [0.717, 1.165) is 23.8 Å². The van der Waals surface area contributed by atoms with Crippen molar-refractivity contribution in [3.05, 3.63) is 23.9 Å². The van der Waals surface area contributed by atoms with E-state index in [1.165, 1.54) is 12.8 Å². The summed E-state index contributed by atoms with van der Waals surface area (Å²) in [6, 6.07) is 3.88. The number of nitrogens with zero attached hydrogens (tertiary/aromatic N) is 2. The second kappa shape index (κ2) is 6.52. The average Bonchev–Trinajstić information content (AvgIpc) is 3.20. The van der Waals surface area contributed by atoms with Crippen LogP contribution in [0, 0.1) is 5.92 Å². The standard InChI is InChI=1S/C14H22N4O/c1-18(2)14-12(4-3-7-16-14)9-17-13(19)10-15-8-11-5-6-11/h3-4,7,11,15H,5-6,8-10H2,1-2H3,(H,17,19). The van der Waals surface area contributed by atoms with E-state index in [1.54, 1.807) is 6.20 Å². The number of carbonyl (C=O) groups is 1. The molecule has 1 aliphatic rings. The maximum atomic E-state index is 11.7. The minimum atomic E-state index is 0.0363. The number of amides is 1. The molecule has 0 unspecified atom stereocenters. The smallest absolute Gasteiger partial charge is 0.234 e. The summed E-state index contributed by atoms with van der Waals surface area (Å²) < 4.78 is 0. The molecule has 19 heavy (non-hydrogen) atoms. The largest absolute Gasteiger partial charge is 0.362 e. The van der Waals surface area contributed by atoms with Crippen LogP contribution in [-0.4, -0.2) is 38.1 Å². The van der Waals surface area contributed by atoms with Crippen LogP contribution in [0.3, 0.4) is 0 Å². The Kier molecular flexibility index (Phi) is 4.74. The highest BCUT2D eigenvalue weighted by Gasteiger charge is 2.20. The number of carbonyl (C=O) groups excluding carboxylic acids is 1. The fourth-order valence-electron chi connectivity index (χ4n) is 1.94. The summed E-state index contributed by atoms with van der Waals surface area (Å²) in [5.41, 5.74) is 1.03. The van der Waals surface area contributed by atoms with E-state index in [4.69, 9.17) is 0 Å². The number of rotatable bonds is 7. The molecule has 0 atom stereocenters. The lowest BCUT2D eigenvalue weighted by atomic mass is 10.2. The quantitative estimate of drug-likeness (QED) is 0.762. The lowest BCUT2D eigenvalue weighted by molar-refractivity contribution is -0.120. The first-order valence-corrected chi connectivity index (χ1v) is 6.75. The Morgan fingerprint density at radius 1 is 1.47 bits per heavy atom. The number of pyridine rings is 1. The molecular weight excluding hydrogens is 240 g/mol. The molecule has 0 aromatic carbocycles. The average molecular weight is 262 g/mol. The number of anilines is 1. The summed E-state index contributed by atoms with van der Waals surface area (Å²) in [6.45, 7) is 1.88. The molecular formula is C14H22N4O. The zero-order chi connectivity index (χ0) is 13.7. The maximum absolute atomic E-state index is 11.7. The molecule has 1 aromatic rings. The molecule has 1 saturated carbocycles. The van der Waals surface area contributed by atoms with Crippen LogP contribution in [0.2, 0.25) is 0 Å². The van der Waals surface area contributed by atoms with Crippen LogP contribution in [0.1, 0.15) is 18.4 Å². The first-order valence-electron chi connectivity index (χ1n) is 6.75. The third-order valence-corrected chi connectivity index (χ3v) is 3.18. The van der Waals surface area contributed by atoms with Crippen molar-refractivity contribution in [1.29, 1.82) is 0 Å². The topological polar surface area (TPSA) is 57.3 Å². The number of nitrogens with one attached hydrogen (secondary N) is 2. The fraction of sp³-hybridized carbons (Fsp3) is 0.571. The lowest BCUT2D eigenvalue weighted by Gasteiger charge is -2.16. The summed E-state index contributed by atoms with van der Waals surface area (Å²) in [5, 5.41) is 6.10. The number of aromatic nitrogens is 1. The van der Waals surface area contributed by atoms with Gasteiger partial charge in [0, 0.05) is 32.4 Å². The summed E-state index contributed by atoms with van der Waals surface area (Å²) in [5.74, 6) is 1.73. The Bertz CT molecular complexity index is 429. The predicted molar refractivity (Wildman–Crippen MR) is 76.0 cm³/mol. The summed E-state index contributed by atoms with van der Waals surface area (Å²) in [4.78, 5) is 18.0. The van der Waals surface area contributed by atoms with Gasteiger partial charge in [-0.05, 0) is 31.4 Å². The van der Waals surface area contributed by atoms with Crippen LogP contribution in [0.5, 0.6) is 0 Å². The molecule has 2 rings (SSSR count). The van der Waals surface area contributed by atoms with Gasteiger partial charge in [0.15, 0.2) is 0 Å². The monoisotopic (exact) mass is 262 g/mol. The van der Waals surface area contributed by atoms with Gasteiger partial charge in [0.05, 0.1) is 6.54 Å². The van der Waals surface area contributed by atoms with Gasteiger partial charge >= 0.3 is 0 Å². The summed E-state index contributed by atoms with van der Waals surface area (Å²) in [7, 11) is 3.90. The van der Waals surface area contributed by atoms with Gasteiger partial charge in [-0.15, -0.1) is 0 Å². The van der Waals surface area contributed by atoms with Gasteiger partial charge in [-0.3, -0.25) is 4.79 Å². The normalized spacial score (nSPS) is 14.2. The van der Waals surface area contributed by atoms with Crippen LogP contribution >= 0.6 is 0 Å². The Balaban J connectivity index is 1.75. The van der Waals surface area contributed by atoms with Crippen LogP contribution in [0.4, 0.5) is 5.82 Å². The van der Waals surface area contributed by atoms with Crippen molar-refractivity contribution >= 4 is 11.7 Å². The minimum absolute atomic E-state index is 0.0363. The Hall–Kier alpha value is -1.62. The third-order valence-electron chi connectivity index (χ3n) is 3.18. The Morgan fingerprint density at radius 3 is 2.95 bits per heavy atom. The first-order chi connectivity index (χ1) is 9.16. The van der Waals surface area contributed by atoms with Crippen LogP contribution in [0.15, 0.2) is 18.3 Å². The zero-order valence-electron chi connectivity index (χ0n) is 11.6. The SMILES string of the molecule is CN(C)c1ncccc1CNC(=O)CNCC1CC1. The van der Waals surface area contributed by atoms with Gasteiger partial charge in [0.25, 0.3) is 0 Å². The fourth-order valence-corrected chi connectivity index (χ4v) is 1.94. The van der Waals surface area contributed by atoms with Crippen molar-refractivity contribution in [2.75, 3.05) is 32.1 Å². The van der Waals surface area contributed by atoms with Crippen molar-refractivity contribution in [1.82, 2.24) is 15.6 Å². The van der Waals surface area contributed by atoms with E-state index in [2.05, 4.69) is 15.6 Å². The molecule has 0 spiro atoms. The number of hydrogen-bond donors (Lipinski definition) is 2. The highest BCUT2D eigenvalue weighted by atomic mass is 16.1. The van der Waals surface area contributed by atoms with E-state index in [0.29, 0.717) is 13.1 Å². The molecule has 0 bridgehead atoms.